The van der Waals surface area contributed by atoms with Gasteiger partial charge in [0.25, 0.3) is 0 Å². The zero-order valence-corrected chi connectivity index (χ0v) is 11.7. The molecule has 0 bridgehead atoms. The van der Waals surface area contributed by atoms with Gasteiger partial charge < -0.3 is 4.79 Å². The zero-order valence-electron chi connectivity index (χ0n) is 10.8. The summed E-state index contributed by atoms with van der Waals surface area (Å²) < 4.78 is 0. The van der Waals surface area contributed by atoms with Crippen LogP contribution in [-0.2, 0) is 4.79 Å². The average Bonchev–Trinajstić information content (AvgIpc) is 2.28. The van der Waals surface area contributed by atoms with Gasteiger partial charge in [0.05, 0.1) is 0 Å². The molecule has 0 radical (unpaired) electrons. The highest BCUT2D eigenvalue weighted by Gasteiger charge is 2.02. The van der Waals surface area contributed by atoms with Crippen molar-refractivity contribution in [1.29, 1.82) is 0 Å². The second-order valence-electron chi connectivity index (χ2n) is 4.66. The van der Waals surface area contributed by atoms with Gasteiger partial charge in [0.2, 0.25) is 0 Å². The van der Waals surface area contributed by atoms with Crippen molar-refractivity contribution in [1.82, 2.24) is 0 Å². The Morgan fingerprint density at radius 1 is 0.938 bits per heavy atom. The fourth-order valence-corrected chi connectivity index (χ4v) is 2.28. The van der Waals surface area contributed by atoms with E-state index in [0.29, 0.717) is 11.7 Å². The van der Waals surface area contributed by atoms with Crippen molar-refractivity contribution in [3.05, 3.63) is 0 Å². The third-order valence-electron chi connectivity index (χ3n) is 3.00. The normalized spacial score (nSPS) is 12.6. The molecular formula is C14H28OS. The lowest BCUT2D eigenvalue weighted by Crippen LogP contribution is -1.98. The lowest BCUT2D eigenvalue weighted by molar-refractivity contribution is -0.107. The van der Waals surface area contributed by atoms with Crippen LogP contribution in [0.2, 0.25) is 0 Å². The predicted molar refractivity (Wildman–Crippen MR) is 75.3 cm³/mol. The summed E-state index contributed by atoms with van der Waals surface area (Å²) in [6, 6.07) is 0. The van der Waals surface area contributed by atoms with Crippen LogP contribution in [0, 0.1) is 0 Å². The SMILES string of the molecule is CCCCCCCCCC(S)CCCC=O. The highest BCUT2D eigenvalue weighted by Crippen LogP contribution is 2.16. The molecule has 1 atom stereocenters. The molecular weight excluding hydrogens is 216 g/mol. The zero-order chi connectivity index (χ0) is 12.1. The van der Waals surface area contributed by atoms with E-state index in [1.54, 1.807) is 0 Å². The summed E-state index contributed by atoms with van der Waals surface area (Å²) in [5.74, 6) is 0. The summed E-state index contributed by atoms with van der Waals surface area (Å²) in [6.07, 6.45) is 14.6. The summed E-state index contributed by atoms with van der Waals surface area (Å²) in [6.45, 7) is 2.25. The summed E-state index contributed by atoms with van der Waals surface area (Å²) in [7, 11) is 0. The molecule has 16 heavy (non-hydrogen) atoms. The minimum absolute atomic E-state index is 0.510. The van der Waals surface area contributed by atoms with E-state index >= 15 is 0 Å². The first-order chi connectivity index (χ1) is 7.81. The Morgan fingerprint density at radius 3 is 2.12 bits per heavy atom. The molecule has 0 aromatic carbocycles. The second kappa shape index (κ2) is 13.1. The van der Waals surface area contributed by atoms with Crippen molar-refractivity contribution >= 4 is 18.9 Å². The molecule has 0 amide bonds. The van der Waals surface area contributed by atoms with E-state index in [-0.39, 0.29) is 0 Å². The molecule has 0 aliphatic rings. The number of thiol groups is 1. The van der Waals surface area contributed by atoms with Crippen molar-refractivity contribution < 1.29 is 4.79 Å². The Labute approximate surface area is 107 Å². The first-order valence-corrected chi connectivity index (χ1v) is 7.44. The van der Waals surface area contributed by atoms with Gasteiger partial charge in [-0.2, -0.15) is 12.6 Å². The molecule has 0 heterocycles. The van der Waals surface area contributed by atoms with Crippen LogP contribution in [-0.4, -0.2) is 11.5 Å². The van der Waals surface area contributed by atoms with Crippen molar-refractivity contribution in [2.24, 2.45) is 0 Å². The minimum Gasteiger partial charge on any atom is -0.303 e. The largest absolute Gasteiger partial charge is 0.303 e. The molecule has 0 spiro atoms. The lowest BCUT2D eigenvalue weighted by Gasteiger charge is -2.09. The Bertz CT molecular complexity index is 148. The summed E-state index contributed by atoms with van der Waals surface area (Å²) in [4.78, 5) is 10.1. The van der Waals surface area contributed by atoms with Crippen LogP contribution in [0.4, 0.5) is 0 Å². The van der Waals surface area contributed by atoms with Crippen LogP contribution in [0.3, 0.4) is 0 Å². The topological polar surface area (TPSA) is 17.1 Å². The number of carbonyl (C=O) groups is 1. The smallest absolute Gasteiger partial charge is 0.119 e. The predicted octanol–water partition coefficient (Wildman–Crippen LogP) is 4.79. The van der Waals surface area contributed by atoms with E-state index in [2.05, 4.69) is 19.6 Å². The van der Waals surface area contributed by atoms with E-state index < -0.39 is 0 Å². The van der Waals surface area contributed by atoms with Gasteiger partial charge in [-0.1, -0.05) is 51.9 Å². The Kier molecular flexibility index (Phi) is 13.1. The van der Waals surface area contributed by atoms with Crippen LogP contribution in [0.25, 0.3) is 0 Å². The Hall–Kier alpha value is 0.0200. The Morgan fingerprint density at radius 2 is 1.50 bits per heavy atom. The van der Waals surface area contributed by atoms with Crippen LogP contribution >= 0.6 is 12.6 Å². The molecule has 0 aromatic heterocycles. The van der Waals surface area contributed by atoms with Crippen molar-refractivity contribution in [3.63, 3.8) is 0 Å². The molecule has 0 saturated carbocycles. The van der Waals surface area contributed by atoms with Gasteiger partial charge in [-0.15, -0.1) is 0 Å². The molecule has 0 aromatic rings. The molecule has 0 fully saturated rings. The van der Waals surface area contributed by atoms with Crippen molar-refractivity contribution in [3.8, 4) is 0 Å². The molecule has 2 heteroatoms. The van der Waals surface area contributed by atoms with Gasteiger partial charge in [0, 0.05) is 11.7 Å². The van der Waals surface area contributed by atoms with Gasteiger partial charge in [-0.3, -0.25) is 0 Å². The number of unbranched alkanes of at least 4 members (excludes halogenated alkanes) is 7. The fourth-order valence-electron chi connectivity index (χ4n) is 1.92. The van der Waals surface area contributed by atoms with Crippen LogP contribution in [0.1, 0.15) is 77.6 Å². The maximum Gasteiger partial charge on any atom is 0.119 e. The molecule has 1 unspecified atom stereocenters. The lowest BCUT2D eigenvalue weighted by atomic mass is 10.1. The number of hydrogen-bond donors (Lipinski definition) is 1. The summed E-state index contributed by atoms with van der Waals surface area (Å²) in [5.41, 5.74) is 0. The molecule has 0 aliphatic carbocycles. The van der Waals surface area contributed by atoms with E-state index in [9.17, 15) is 4.79 Å². The average molecular weight is 244 g/mol. The first-order valence-electron chi connectivity index (χ1n) is 6.93. The van der Waals surface area contributed by atoms with E-state index in [1.165, 1.54) is 51.4 Å². The van der Waals surface area contributed by atoms with E-state index in [4.69, 9.17) is 0 Å². The van der Waals surface area contributed by atoms with Crippen LogP contribution in [0.5, 0.6) is 0 Å². The molecule has 0 aliphatic heterocycles. The van der Waals surface area contributed by atoms with Gasteiger partial charge in [0.1, 0.15) is 6.29 Å². The number of aldehydes is 1. The van der Waals surface area contributed by atoms with Crippen LogP contribution < -0.4 is 0 Å². The van der Waals surface area contributed by atoms with Crippen LogP contribution in [0.15, 0.2) is 0 Å². The monoisotopic (exact) mass is 244 g/mol. The third kappa shape index (κ3) is 12.1. The first kappa shape index (κ1) is 16.0. The van der Waals surface area contributed by atoms with Crippen molar-refractivity contribution in [2.75, 3.05) is 0 Å². The molecule has 0 N–H and O–H groups in total. The van der Waals surface area contributed by atoms with E-state index in [1.807, 2.05) is 0 Å². The third-order valence-corrected chi connectivity index (χ3v) is 3.52. The fraction of sp³-hybridized carbons (Fsp3) is 0.929. The Balaban J connectivity index is 3.08. The number of hydrogen-bond acceptors (Lipinski definition) is 2. The molecule has 0 rings (SSSR count). The quantitative estimate of drug-likeness (QED) is 0.296. The summed E-state index contributed by atoms with van der Waals surface area (Å²) in [5, 5.41) is 0.510. The highest BCUT2D eigenvalue weighted by atomic mass is 32.1. The molecule has 96 valence electrons. The standard InChI is InChI=1S/C14H28OS/c1-2-3-4-5-6-7-8-11-14(16)12-9-10-13-15/h13-14,16H,2-12H2,1H3. The van der Waals surface area contributed by atoms with Gasteiger partial charge in [-0.05, 0) is 19.3 Å². The second-order valence-corrected chi connectivity index (χ2v) is 5.39. The molecule has 0 saturated heterocycles. The maximum absolute atomic E-state index is 10.1. The van der Waals surface area contributed by atoms with Gasteiger partial charge in [-0.25, -0.2) is 0 Å². The van der Waals surface area contributed by atoms with E-state index in [0.717, 1.165) is 19.1 Å². The highest BCUT2D eigenvalue weighted by molar-refractivity contribution is 7.80. The number of carbonyl (C=O) groups excluding carboxylic acids is 1. The minimum atomic E-state index is 0.510. The maximum atomic E-state index is 10.1. The summed E-state index contributed by atoms with van der Waals surface area (Å²) >= 11 is 4.55. The molecule has 1 nitrogen and oxygen atoms in total. The van der Waals surface area contributed by atoms with Crippen molar-refractivity contribution in [2.45, 2.75) is 82.8 Å². The van der Waals surface area contributed by atoms with Gasteiger partial charge in [0.15, 0.2) is 0 Å². The number of rotatable bonds is 12. The van der Waals surface area contributed by atoms with Gasteiger partial charge >= 0.3 is 0 Å².